The molecule has 0 saturated carbocycles. The minimum Gasteiger partial charge on any atom is -0.332 e. The number of carbonyl (C=O) groups is 1. The summed E-state index contributed by atoms with van der Waals surface area (Å²) in [5.41, 5.74) is 0.855. The number of piperazine rings is 1. The number of rotatable bonds is 4. The molecule has 0 N–H and O–H groups in total. The Balaban J connectivity index is 1.78. The van der Waals surface area contributed by atoms with Gasteiger partial charge in [0.05, 0.1) is 0 Å². The summed E-state index contributed by atoms with van der Waals surface area (Å²) in [5, 5.41) is 0. The highest BCUT2D eigenvalue weighted by molar-refractivity contribution is 5.85. The molecule has 5 heteroatoms. The van der Waals surface area contributed by atoms with Crippen molar-refractivity contribution in [3.05, 3.63) is 35.6 Å². The van der Waals surface area contributed by atoms with E-state index in [4.69, 9.17) is 0 Å². The lowest BCUT2D eigenvalue weighted by atomic mass is 9.85. The molecular formula is C17H24FN3O. The third-order valence-electron chi connectivity index (χ3n) is 4.91. The fourth-order valence-corrected chi connectivity index (χ4v) is 3.76. The van der Waals surface area contributed by atoms with Crippen LogP contribution in [0, 0.1) is 5.82 Å². The van der Waals surface area contributed by atoms with Gasteiger partial charge in [0.1, 0.15) is 11.9 Å². The molecule has 0 radical (unpaired) electrons. The van der Waals surface area contributed by atoms with Crippen molar-refractivity contribution >= 4 is 5.91 Å². The summed E-state index contributed by atoms with van der Waals surface area (Å²) in [4.78, 5) is 19.4. The van der Waals surface area contributed by atoms with E-state index in [1.54, 1.807) is 12.1 Å². The van der Waals surface area contributed by atoms with Gasteiger partial charge >= 0.3 is 0 Å². The lowest BCUT2D eigenvalue weighted by Crippen LogP contribution is -2.71. The molecule has 4 nitrogen and oxygen atoms in total. The average Bonchev–Trinajstić information content (AvgIpc) is 2.49. The number of amides is 1. The first kappa shape index (κ1) is 15.4. The first-order chi connectivity index (χ1) is 10.5. The molecule has 2 bridgehead atoms. The maximum Gasteiger partial charge on any atom is 0.245 e. The van der Waals surface area contributed by atoms with Gasteiger partial charge < -0.3 is 4.90 Å². The van der Waals surface area contributed by atoms with E-state index in [0.29, 0.717) is 12.1 Å². The van der Waals surface area contributed by atoms with E-state index < -0.39 is 0 Å². The van der Waals surface area contributed by atoms with E-state index >= 15 is 0 Å². The standard InChI is InChI=1S/C17H24FN3O/c1-4-20-10-14-9-15(11-20)21(14)17(22)16(19(2)3)12-5-7-13(18)8-6-12/h5-8,14-16H,4,9-11H2,1-3H3. The zero-order valence-electron chi connectivity index (χ0n) is 13.5. The van der Waals surface area contributed by atoms with Crippen LogP contribution in [-0.2, 0) is 4.79 Å². The zero-order valence-corrected chi connectivity index (χ0v) is 13.5. The van der Waals surface area contributed by atoms with Crippen LogP contribution in [0.1, 0.15) is 24.9 Å². The summed E-state index contributed by atoms with van der Waals surface area (Å²) in [6, 6.07) is 6.63. The Morgan fingerprint density at radius 3 is 2.36 bits per heavy atom. The van der Waals surface area contributed by atoms with Gasteiger partial charge in [0, 0.05) is 25.2 Å². The van der Waals surface area contributed by atoms with E-state index in [1.165, 1.54) is 12.1 Å². The van der Waals surface area contributed by atoms with Gasteiger partial charge in [0.15, 0.2) is 0 Å². The number of benzene rings is 1. The van der Waals surface area contributed by atoms with Crippen molar-refractivity contribution in [2.24, 2.45) is 0 Å². The number of likely N-dealkylation sites (N-methyl/N-ethyl adjacent to an activating group) is 2. The van der Waals surface area contributed by atoms with Crippen LogP contribution in [0.2, 0.25) is 0 Å². The van der Waals surface area contributed by atoms with Crippen LogP contribution in [0.4, 0.5) is 4.39 Å². The van der Waals surface area contributed by atoms with Crippen molar-refractivity contribution in [3.8, 4) is 0 Å². The second kappa shape index (κ2) is 5.97. The molecule has 3 aliphatic heterocycles. The molecule has 3 saturated heterocycles. The quantitative estimate of drug-likeness (QED) is 0.848. The molecule has 3 unspecified atom stereocenters. The molecule has 1 aromatic carbocycles. The van der Waals surface area contributed by atoms with Crippen molar-refractivity contribution < 1.29 is 9.18 Å². The van der Waals surface area contributed by atoms with Gasteiger partial charge in [0.2, 0.25) is 5.91 Å². The van der Waals surface area contributed by atoms with Gasteiger partial charge in [-0.25, -0.2) is 4.39 Å². The van der Waals surface area contributed by atoms with Crippen LogP contribution >= 0.6 is 0 Å². The molecule has 3 fully saturated rings. The number of piperidine rings is 1. The van der Waals surface area contributed by atoms with Crippen molar-refractivity contribution in [2.45, 2.75) is 31.5 Å². The Bertz CT molecular complexity index is 533. The van der Waals surface area contributed by atoms with E-state index in [0.717, 1.165) is 31.6 Å². The number of halogens is 1. The molecule has 3 aliphatic rings. The number of nitrogens with zero attached hydrogens (tertiary/aromatic N) is 3. The van der Waals surface area contributed by atoms with Crippen LogP contribution in [-0.4, -0.2) is 66.4 Å². The summed E-state index contributed by atoms with van der Waals surface area (Å²) in [6.45, 7) is 5.16. The molecular weight excluding hydrogens is 281 g/mol. The Kier molecular flexibility index (Phi) is 4.19. The van der Waals surface area contributed by atoms with Crippen LogP contribution in [0.15, 0.2) is 24.3 Å². The first-order valence-electron chi connectivity index (χ1n) is 7.97. The largest absolute Gasteiger partial charge is 0.332 e. The smallest absolute Gasteiger partial charge is 0.245 e. The van der Waals surface area contributed by atoms with Crippen LogP contribution in [0.3, 0.4) is 0 Å². The maximum absolute atomic E-state index is 13.1. The predicted molar refractivity (Wildman–Crippen MR) is 84.0 cm³/mol. The summed E-state index contributed by atoms with van der Waals surface area (Å²) in [6.07, 6.45) is 1.12. The number of carbonyl (C=O) groups excluding carboxylic acids is 1. The molecule has 4 rings (SSSR count). The highest BCUT2D eigenvalue weighted by Crippen LogP contribution is 2.35. The van der Waals surface area contributed by atoms with Gasteiger partial charge in [-0.2, -0.15) is 0 Å². The van der Waals surface area contributed by atoms with E-state index in [1.807, 2.05) is 19.0 Å². The Morgan fingerprint density at radius 1 is 1.27 bits per heavy atom. The molecule has 22 heavy (non-hydrogen) atoms. The zero-order chi connectivity index (χ0) is 15.9. The van der Waals surface area contributed by atoms with Crippen molar-refractivity contribution in [1.82, 2.24) is 14.7 Å². The lowest BCUT2D eigenvalue weighted by molar-refractivity contribution is -0.159. The maximum atomic E-state index is 13.1. The third kappa shape index (κ3) is 2.63. The summed E-state index contributed by atoms with van der Waals surface area (Å²) < 4.78 is 13.1. The highest BCUT2D eigenvalue weighted by Gasteiger charge is 2.48. The molecule has 1 aromatic rings. The van der Waals surface area contributed by atoms with Crippen LogP contribution < -0.4 is 0 Å². The second-order valence-electron chi connectivity index (χ2n) is 6.56. The lowest BCUT2D eigenvalue weighted by Gasteiger charge is -2.57. The van der Waals surface area contributed by atoms with E-state index in [-0.39, 0.29) is 17.8 Å². The van der Waals surface area contributed by atoms with E-state index in [2.05, 4.69) is 16.7 Å². The molecule has 0 spiro atoms. The molecule has 1 amide bonds. The molecule has 120 valence electrons. The minimum absolute atomic E-state index is 0.147. The molecule has 0 aliphatic carbocycles. The molecule has 3 heterocycles. The summed E-state index contributed by atoms with van der Waals surface area (Å²) in [5.74, 6) is -0.123. The van der Waals surface area contributed by atoms with Crippen molar-refractivity contribution in [3.63, 3.8) is 0 Å². The van der Waals surface area contributed by atoms with Gasteiger partial charge in [-0.3, -0.25) is 14.6 Å². The van der Waals surface area contributed by atoms with Crippen molar-refractivity contribution in [1.29, 1.82) is 0 Å². The molecule has 3 atom stereocenters. The van der Waals surface area contributed by atoms with Crippen LogP contribution in [0.25, 0.3) is 0 Å². The first-order valence-corrected chi connectivity index (χ1v) is 7.97. The van der Waals surface area contributed by atoms with E-state index in [9.17, 15) is 9.18 Å². The SMILES string of the molecule is CCN1CC2CC(C1)N2C(=O)C(c1ccc(F)cc1)N(C)C. The average molecular weight is 305 g/mol. The fourth-order valence-electron chi connectivity index (χ4n) is 3.76. The monoisotopic (exact) mass is 305 g/mol. The van der Waals surface area contributed by atoms with Gasteiger partial charge in [-0.05, 0) is 44.8 Å². The third-order valence-corrected chi connectivity index (χ3v) is 4.91. The van der Waals surface area contributed by atoms with Crippen molar-refractivity contribution in [2.75, 3.05) is 33.7 Å². The predicted octanol–water partition coefficient (Wildman–Crippen LogP) is 1.73. The number of hydrogen-bond donors (Lipinski definition) is 0. The highest BCUT2D eigenvalue weighted by atomic mass is 19.1. The summed E-state index contributed by atoms with van der Waals surface area (Å²) >= 11 is 0. The summed E-state index contributed by atoms with van der Waals surface area (Å²) in [7, 11) is 3.81. The molecule has 0 aromatic heterocycles. The second-order valence-corrected chi connectivity index (χ2v) is 6.56. The van der Waals surface area contributed by atoms with Gasteiger partial charge in [-0.1, -0.05) is 19.1 Å². The fraction of sp³-hybridized carbons (Fsp3) is 0.588. The number of fused-ring (bicyclic) bond motifs is 2. The van der Waals surface area contributed by atoms with Gasteiger partial charge in [-0.15, -0.1) is 0 Å². The Labute approximate surface area is 131 Å². The normalized spacial score (nSPS) is 26.0. The topological polar surface area (TPSA) is 26.8 Å². The van der Waals surface area contributed by atoms with Gasteiger partial charge in [0.25, 0.3) is 0 Å². The van der Waals surface area contributed by atoms with Crippen LogP contribution in [0.5, 0.6) is 0 Å². The number of hydrogen-bond acceptors (Lipinski definition) is 3. The Hall–Kier alpha value is -1.46. The minimum atomic E-state index is -0.334. The Morgan fingerprint density at radius 2 is 1.86 bits per heavy atom.